The fourth-order valence-electron chi connectivity index (χ4n) is 2.87. The van der Waals surface area contributed by atoms with Crippen LogP contribution in [0.1, 0.15) is 20.3 Å². The molecule has 5 nitrogen and oxygen atoms in total. The van der Waals surface area contributed by atoms with Crippen LogP contribution in [0.5, 0.6) is 0 Å². The van der Waals surface area contributed by atoms with Gasteiger partial charge in [0, 0.05) is 44.5 Å². The first-order valence-electron chi connectivity index (χ1n) is 8.59. The molecule has 1 N–H and O–H groups in total. The van der Waals surface area contributed by atoms with Gasteiger partial charge in [-0.25, -0.2) is 9.97 Å². The summed E-state index contributed by atoms with van der Waals surface area (Å²) in [4.78, 5) is 13.8. The zero-order valence-corrected chi connectivity index (χ0v) is 14.5. The van der Waals surface area contributed by atoms with Gasteiger partial charge in [0.15, 0.2) is 0 Å². The second-order valence-electron chi connectivity index (χ2n) is 7.00. The number of hydrogen-bond acceptors (Lipinski definition) is 5. The molecule has 1 aromatic carbocycles. The Balaban J connectivity index is 1.61. The fourth-order valence-corrected chi connectivity index (χ4v) is 2.87. The zero-order chi connectivity index (χ0) is 17.0. The molecular formula is C19H26N4O. The summed E-state index contributed by atoms with van der Waals surface area (Å²) >= 11 is 0. The Labute approximate surface area is 144 Å². The van der Waals surface area contributed by atoms with Crippen LogP contribution in [0.2, 0.25) is 0 Å². The number of hydrogen-bond donors (Lipinski definition) is 1. The van der Waals surface area contributed by atoms with E-state index < -0.39 is 5.60 Å². The molecule has 1 fully saturated rings. The summed E-state index contributed by atoms with van der Waals surface area (Å²) in [5.41, 5.74) is 1.49. The van der Waals surface area contributed by atoms with Crippen molar-refractivity contribution in [3.05, 3.63) is 42.6 Å². The van der Waals surface area contributed by atoms with Crippen molar-refractivity contribution in [2.75, 3.05) is 37.6 Å². The summed E-state index contributed by atoms with van der Waals surface area (Å²) in [6, 6.07) is 12.2. The molecule has 24 heavy (non-hydrogen) atoms. The van der Waals surface area contributed by atoms with Gasteiger partial charge in [0.05, 0.1) is 11.3 Å². The van der Waals surface area contributed by atoms with E-state index in [1.807, 2.05) is 44.3 Å². The van der Waals surface area contributed by atoms with Gasteiger partial charge in [-0.05, 0) is 26.3 Å². The van der Waals surface area contributed by atoms with Crippen LogP contribution < -0.4 is 4.90 Å². The highest BCUT2D eigenvalue weighted by Crippen LogP contribution is 2.19. The van der Waals surface area contributed by atoms with E-state index in [-0.39, 0.29) is 0 Å². The topological polar surface area (TPSA) is 52.5 Å². The van der Waals surface area contributed by atoms with Gasteiger partial charge in [-0.2, -0.15) is 0 Å². The maximum absolute atomic E-state index is 9.86. The van der Waals surface area contributed by atoms with Crippen molar-refractivity contribution in [3.63, 3.8) is 0 Å². The molecule has 5 heteroatoms. The first-order chi connectivity index (χ1) is 11.5. The van der Waals surface area contributed by atoms with Crippen molar-refractivity contribution < 1.29 is 5.11 Å². The van der Waals surface area contributed by atoms with E-state index in [1.165, 1.54) is 0 Å². The summed E-state index contributed by atoms with van der Waals surface area (Å²) in [5, 5.41) is 9.86. The SMILES string of the molecule is CC(C)(O)CCN1CCN(c2nccc(-c3ccccc3)n2)CC1. The molecule has 0 radical (unpaired) electrons. The maximum atomic E-state index is 9.86. The molecular weight excluding hydrogens is 300 g/mol. The van der Waals surface area contributed by atoms with E-state index in [2.05, 4.69) is 26.9 Å². The summed E-state index contributed by atoms with van der Waals surface area (Å²) < 4.78 is 0. The van der Waals surface area contributed by atoms with Crippen molar-refractivity contribution in [2.24, 2.45) is 0 Å². The van der Waals surface area contributed by atoms with Crippen molar-refractivity contribution in [1.82, 2.24) is 14.9 Å². The minimum Gasteiger partial charge on any atom is -0.390 e. The van der Waals surface area contributed by atoms with Gasteiger partial charge < -0.3 is 10.0 Å². The lowest BCUT2D eigenvalue weighted by Crippen LogP contribution is -2.48. The van der Waals surface area contributed by atoms with Crippen LogP contribution in [0.25, 0.3) is 11.3 Å². The lowest BCUT2D eigenvalue weighted by Gasteiger charge is -2.35. The Bertz CT molecular complexity index is 646. The smallest absolute Gasteiger partial charge is 0.225 e. The number of aliphatic hydroxyl groups is 1. The van der Waals surface area contributed by atoms with Crippen LogP contribution in [-0.4, -0.2) is 58.3 Å². The van der Waals surface area contributed by atoms with Crippen LogP contribution in [0.15, 0.2) is 42.6 Å². The van der Waals surface area contributed by atoms with Crippen LogP contribution >= 0.6 is 0 Å². The minimum atomic E-state index is -0.593. The Morgan fingerprint density at radius 2 is 1.75 bits per heavy atom. The van der Waals surface area contributed by atoms with E-state index in [1.54, 1.807) is 0 Å². The van der Waals surface area contributed by atoms with Crippen molar-refractivity contribution >= 4 is 5.95 Å². The normalized spacial score (nSPS) is 16.4. The molecule has 1 aliphatic heterocycles. The number of piperazine rings is 1. The molecule has 0 unspecified atom stereocenters. The predicted octanol–water partition coefficient (Wildman–Crippen LogP) is 2.43. The highest BCUT2D eigenvalue weighted by Gasteiger charge is 2.21. The molecule has 0 bridgehead atoms. The largest absolute Gasteiger partial charge is 0.390 e. The van der Waals surface area contributed by atoms with E-state index in [0.717, 1.165) is 56.4 Å². The molecule has 2 heterocycles. The van der Waals surface area contributed by atoms with Crippen LogP contribution in [-0.2, 0) is 0 Å². The van der Waals surface area contributed by atoms with Gasteiger partial charge in [-0.15, -0.1) is 0 Å². The number of anilines is 1. The molecule has 1 saturated heterocycles. The molecule has 3 rings (SSSR count). The summed E-state index contributed by atoms with van der Waals surface area (Å²) in [7, 11) is 0. The second-order valence-corrected chi connectivity index (χ2v) is 7.00. The Morgan fingerprint density at radius 1 is 1.04 bits per heavy atom. The molecule has 0 spiro atoms. The van der Waals surface area contributed by atoms with Gasteiger partial charge in [0.25, 0.3) is 0 Å². The van der Waals surface area contributed by atoms with Crippen LogP contribution in [0, 0.1) is 0 Å². The third-order valence-corrected chi connectivity index (χ3v) is 4.41. The third kappa shape index (κ3) is 4.52. The van der Waals surface area contributed by atoms with E-state index in [0.29, 0.717) is 0 Å². The van der Waals surface area contributed by atoms with E-state index in [9.17, 15) is 5.11 Å². The minimum absolute atomic E-state index is 0.593. The lowest BCUT2D eigenvalue weighted by atomic mass is 10.1. The average Bonchev–Trinajstić information content (AvgIpc) is 2.61. The number of benzene rings is 1. The number of aromatic nitrogens is 2. The van der Waals surface area contributed by atoms with Crippen molar-refractivity contribution in [3.8, 4) is 11.3 Å². The van der Waals surface area contributed by atoms with Crippen molar-refractivity contribution in [2.45, 2.75) is 25.9 Å². The van der Waals surface area contributed by atoms with Crippen LogP contribution in [0.3, 0.4) is 0 Å². The van der Waals surface area contributed by atoms with Gasteiger partial charge in [0.2, 0.25) is 5.95 Å². The molecule has 0 atom stereocenters. The molecule has 128 valence electrons. The van der Waals surface area contributed by atoms with Gasteiger partial charge in [-0.1, -0.05) is 30.3 Å². The molecule has 2 aromatic rings. The van der Waals surface area contributed by atoms with E-state index >= 15 is 0 Å². The summed E-state index contributed by atoms with van der Waals surface area (Å²) in [6.45, 7) is 8.47. The average molecular weight is 326 g/mol. The molecule has 1 aromatic heterocycles. The lowest BCUT2D eigenvalue weighted by molar-refractivity contribution is 0.0568. The van der Waals surface area contributed by atoms with Gasteiger partial charge in [0.1, 0.15) is 0 Å². The Kier molecular flexibility index (Phi) is 5.11. The molecule has 0 amide bonds. The maximum Gasteiger partial charge on any atom is 0.225 e. The monoisotopic (exact) mass is 326 g/mol. The molecule has 1 aliphatic rings. The van der Waals surface area contributed by atoms with Crippen LogP contribution in [0.4, 0.5) is 5.95 Å². The standard InChI is InChI=1S/C19H26N4O/c1-19(2,24)9-11-22-12-14-23(15-13-22)18-20-10-8-17(21-18)16-6-4-3-5-7-16/h3-8,10,24H,9,11-15H2,1-2H3. The summed E-state index contributed by atoms with van der Waals surface area (Å²) in [6.07, 6.45) is 2.64. The highest BCUT2D eigenvalue weighted by atomic mass is 16.3. The summed E-state index contributed by atoms with van der Waals surface area (Å²) in [5.74, 6) is 0.804. The predicted molar refractivity (Wildman–Crippen MR) is 97.0 cm³/mol. The zero-order valence-electron chi connectivity index (χ0n) is 14.5. The van der Waals surface area contributed by atoms with Gasteiger partial charge in [-0.3, -0.25) is 4.90 Å². The van der Waals surface area contributed by atoms with E-state index in [4.69, 9.17) is 4.98 Å². The quantitative estimate of drug-likeness (QED) is 0.914. The van der Waals surface area contributed by atoms with Crippen molar-refractivity contribution in [1.29, 1.82) is 0 Å². The molecule has 0 saturated carbocycles. The fraction of sp³-hybridized carbons (Fsp3) is 0.474. The first-order valence-corrected chi connectivity index (χ1v) is 8.59. The number of nitrogens with zero attached hydrogens (tertiary/aromatic N) is 4. The molecule has 0 aliphatic carbocycles. The third-order valence-electron chi connectivity index (χ3n) is 4.41. The highest BCUT2D eigenvalue weighted by molar-refractivity contribution is 5.59. The number of rotatable bonds is 5. The van der Waals surface area contributed by atoms with Gasteiger partial charge >= 0.3 is 0 Å². The Morgan fingerprint density at radius 3 is 2.42 bits per heavy atom. The first kappa shape index (κ1) is 16.9. The second kappa shape index (κ2) is 7.28. The Hall–Kier alpha value is -1.98.